The molecule has 3 N–H and O–H groups in total. The van der Waals surface area contributed by atoms with Gasteiger partial charge in [0.05, 0.1) is 24.9 Å². The van der Waals surface area contributed by atoms with Gasteiger partial charge in [0.2, 0.25) is 0 Å². The molecule has 0 spiro atoms. The average Bonchev–Trinajstić information content (AvgIpc) is 2.68. The van der Waals surface area contributed by atoms with E-state index < -0.39 is 6.04 Å². The van der Waals surface area contributed by atoms with E-state index in [1.165, 1.54) is 0 Å². The fraction of sp³-hybridized carbons (Fsp3) is 0.150. The summed E-state index contributed by atoms with van der Waals surface area (Å²) in [4.78, 5) is 12.8. The number of hydrogen-bond donors (Lipinski definition) is 3. The van der Waals surface area contributed by atoms with Gasteiger partial charge in [-0.3, -0.25) is 4.79 Å². The van der Waals surface area contributed by atoms with E-state index in [2.05, 4.69) is 21.2 Å². The Morgan fingerprint density at radius 1 is 1.21 bits per heavy atom. The highest BCUT2D eigenvalue weighted by molar-refractivity contribution is 7.80. The first-order chi connectivity index (χ1) is 13.5. The number of ether oxygens (including phenoxy) is 1. The number of nitrogens with zero attached hydrogens (tertiary/aromatic N) is 1. The molecule has 1 aliphatic rings. The van der Waals surface area contributed by atoms with Crippen LogP contribution in [0.25, 0.3) is 0 Å². The first-order valence-electron chi connectivity index (χ1n) is 8.49. The number of carbonyl (C=O) groups is 1. The standard InChI is InChI=1S/C20H19ClN4O2S/c1-12-17(18(24-20(28)23-12)14-5-7-15(21)8-6-14)19(26)25-22-11-13-3-9-16(27-2)10-4-13/h3-11,18H,1-2H3,(H,25,26)(H2,23,24,28). The molecule has 0 saturated heterocycles. The topological polar surface area (TPSA) is 74.8 Å². The Bertz CT molecular complexity index is 940. The van der Waals surface area contributed by atoms with Crippen molar-refractivity contribution < 1.29 is 9.53 Å². The molecule has 6 nitrogen and oxygen atoms in total. The summed E-state index contributed by atoms with van der Waals surface area (Å²) in [5, 5.41) is 11.3. The summed E-state index contributed by atoms with van der Waals surface area (Å²) in [7, 11) is 1.61. The smallest absolute Gasteiger partial charge is 0.271 e. The van der Waals surface area contributed by atoms with Crippen LogP contribution in [0.4, 0.5) is 0 Å². The molecule has 28 heavy (non-hydrogen) atoms. The van der Waals surface area contributed by atoms with Crippen molar-refractivity contribution in [3.8, 4) is 5.75 Å². The van der Waals surface area contributed by atoms with Gasteiger partial charge in [0.1, 0.15) is 5.75 Å². The second-order valence-electron chi connectivity index (χ2n) is 6.09. The highest BCUT2D eigenvalue weighted by atomic mass is 35.5. The van der Waals surface area contributed by atoms with Crippen LogP contribution in [0, 0.1) is 0 Å². The van der Waals surface area contributed by atoms with Gasteiger partial charge in [-0.1, -0.05) is 23.7 Å². The molecule has 2 aromatic rings. The van der Waals surface area contributed by atoms with Crippen molar-refractivity contribution in [1.82, 2.24) is 16.1 Å². The molecule has 0 radical (unpaired) electrons. The number of thiocarbonyl (C=S) groups is 1. The maximum Gasteiger partial charge on any atom is 0.271 e. The second kappa shape index (κ2) is 8.86. The lowest BCUT2D eigenvalue weighted by molar-refractivity contribution is -0.117. The maximum absolute atomic E-state index is 12.8. The lowest BCUT2D eigenvalue weighted by atomic mass is 9.95. The van der Waals surface area contributed by atoms with E-state index in [1.54, 1.807) is 32.4 Å². The highest BCUT2D eigenvalue weighted by Gasteiger charge is 2.29. The fourth-order valence-corrected chi connectivity index (χ4v) is 3.21. The van der Waals surface area contributed by atoms with E-state index in [0.29, 0.717) is 21.4 Å². The average molecular weight is 415 g/mol. The Morgan fingerprint density at radius 2 is 1.89 bits per heavy atom. The number of methoxy groups -OCH3 is 1. The van der Waals surface area contributed by atoms with Crippen LogP contribution in [0.3, 0.4) is 0 Å². The van der Waals surface area contributed by atoms with Crippen molar-refractivity contribution in [3.63, 3.8) is 0 Å². The molecule has 2 aromatic carbocycles. The highest BCUT2D eigenvalue weighted by Crippen LogP contribution is 2.27. The van der Waals surface area contributed by atoms with Gasteiger partial charge in [0, 0.05) is 10.7 Å². The Kier molecular flexibility index (Phi) is 6.28. The van der Waals surface area contributed by atoms with Gasteiger partial charge in [-0.05, 0) is 66.7 Å². The summed E-state index contributed by atoms with van der Waals surface area (Å²) in [6, 6.07) is 14.2. The molecule has 1 amide bonds. The zero-order valence-electron chi connectivity index (χ0n) is 15.3. The lowest BCUT2D eigenvalue weighted by Gasteiger charge is -2.30. The lowest BCUT2D eigenvalue weighted by Crippen LogP contribution is -2.46. The SMILES string of the molecule is COc1ccc(C=NNC(=O)C2=C(C)NC(=S)NC2c2ccc(Cl)cc2)cc1. The van der Waals surface area contributed by atoms with Crippen LogP contribution in [-0.2, 0) is 4.79 Å². The predicted molar refractivity (Wildman–Crippen MR) is 114 cm³/mol. The van der Waals surface area contributed by atoms with Gasteiger partial charge in [0.15, 0.2) is 5.11 Å². The van der Waals surface area contributed by atoms with Crippen LogP contribution in [0.5, 0.6) is 5.75 Å². The van der Waals surface area contributed by atoms with E-state index in [4.69, 9.17) is 28.6 Å². The molecular weight excluding hydrogens is 396 g/mol. The first kappa shape index (κ1) is 19.9. The third-order valence-electron chi connectivity index (χ3n) is 4.21. The summed E-state index contributed by atoms with van der Waals surface area (Å²) >= 11 is 11.2. The normalized spacial score (nSPS) is 16.5. The molecule has 8 heteroatoms. The van der Waals surface area contributed by atoms with Gasteiger partial charge in [-0.25, -0.2) is 5.43 Å². The van der Waals surface area contributed by atoms with Crippen molar-refractivity contribution in [2.75, 3.05) is 7.11 Å². The van der Waals surface area contributed by atoms with Gasteiger partial charge in [-0.2, -0.15) is 5.10 Å². The summed E-state index contributed by atoms with van der Waals surface area (Å²) in [6.45, 7) is 1.80. The maximum atomic E-state index is 12.8. The molecule has 0 saturated carbocycles. The van der Waals surface area contributed by atoms with E-state index >= 15 is 0 Å². The van der Waals surface area contributed by atoms with Crippen LogP contribution < -0.4 is 20.8 Å². The summed E-state index contributed by atoms with van der Waals surface area (Å²) < 4.78 is 5.12. The minimum atomic E-state index is -0.401. The number of halogens is 1. The Morgan fingerprint density at radius 3 is 2.54 bits per heavy atom. The fourth-order valence-electron chi connectivity index (χ4n) is 2.82. The number of carbonyl (C=O) groups excluding carboxylic acids is 1. The number of benzene rings is 2. The molecule has 0 aliphatic carbocycles. The Labute approximate surface area is 173 Å². The molecule has 0 bridgehead atoms. The molecular formula is C20H19ClN4O2S. The van der Waals surface area contributed by atoms with Gasteiger partial charge < -0.3 is 15.4 Å². The van der Waals surface area contributed by atoms with Crippen molar-refractivity contribution in [3.05, 3.63) is 76.0 Å². The predicted octanol–water partition coefficient (Wildman–Crippen LogP) is 3.29. The molecule has 0 fully saturated rings. The molecule has 3 rings (SSSR count). The van der Waals surface area contributed by atoms with E-state index in [0.717, 1.165) is 16.9 Å². The van der Waals surface area contributed by atoms with Gasteiger partial charge in [0.25, 0.3) is 5.91 Å². The zero-order chi connectivity index (χ0) is 20.1. The summed E-state index contributed by atoms with van der Waals surface area (Å²) in [6.07, 6.45) is 1.57. The Balaban J connectivity index is 1.78. The van der Waals surface area contributed by atoms with Gasteiger partial charge in [-0.15, -0.1) is 0 Å². The summed E-state index contributed by atoms with van der Waals surface area (Å²) in [5.74, 6) is 0.424. The minimum Gasteiger partial charge on any atom is -0.497 e. The van der Waals surface area contributed by atoms with E-state index in [-0.39, 0.29) is 5.91 Å². The molecule has 1 atom stereocenters. The van der Waals surface area contributed by atoms with Crippen molar-refractivity contribution in [2.45, 2.75) is 13.0 Å². The quantitative estimate of drug-likeness (QED) is 0.397. The van der Waals surface area contributed by atoms with Crippen molar-refractivity contribution in [1.29, 1.82) is 0 Å². The summed E-state index contributed by atoms with van der Waals surface area (Å²) in [5.41, 5.74) is 5.46. The number of rotatable bonds is 5. The molecule has 144 valence electrons. The van der Waals surface area contributed by atoms with Crippen molar-refractivity contribution in [2.24, 2.45) is 5.10 Å². The van der Waals surface area contributed by atoms with Gasteiger partial charge >= 0.3 is 0 Å². The third-order valence-corrected chi connectivity index (χ3v) is 4.68. The molecule has 0 aromatic heterocycles. The van der Waals surface area contributed by atoms with E-state index in [9.17, 15) is 4.79 Å². The molecule has 1 unspecified atom stereocenters. The number of amides is 1. The van der Waals surface area contributed by atoms with Crippen LogP contribution >= 0.6 is 23.8 Å². The van der Waals surface area contributed by atoms with Crippen LogP contribution in [0.1, 0.15) is 24.1 Å². The largest absolute Gasteiger partial charge is 0.497 e. The van der Waals surface area contributed by atoms with Crippen LogP contribution in [0.15, 0.2) is 64.9 Å². The minimum absolute atomic E-state index is 0.329. The number of allylic oxidation sites excluding steroid dienone is 1. The van der Waals surface area contributed by atoms with Crippen LogP contribution in [-0.4, -0.2) is 24.3 Å². The van der Waals surface area contributed by atoms with Crippen LogP contribution in [0.2, 0.25) is 5.02 Å². The third kappa shape index (κ3) is 4.68. The second-order valence-corrected chi connectivity index (χ2v) is 6.94. The van der Waals surface area contributed by atoms with E-state index in [1.807, 2.05) is 36.4 Å². The molecule has 1 heterocycles. The Hall–Kier alpha value is -2.90. The number of nitrogens with one attached hydrogen (secondary N) is 3. The first-order valence-corrected chi connectivity index (χ1v) is 9.28. The number of hydrazone groups is 1. The van der Waals surface area contributed by atoms with Crippen molar-refractivity contribution >= 4 is 41.1 Å². The zero-order valence-corrected chi connectivity index (χ0v) is 16.9. The number of hydrogen-bond acceptors (Lipinski definition) is 4. The molecule has 1 aliphatic heterocycles. The monoisotopic (exact) mass is 414 g/mol.